The summed E-state index contributed by atoms with van der Waals surface area (Å²) in [7, 11) is 1.60. The van der Waals surface area contributed by atoms with Gasteiger partial charge in [-0.1, -0.05) is 49.4 Å². The van der Waals surface area contributed by atoms with Crippen molar-refractivity contribution in [1.82, 2.24) is 20.1 Å². The minimum atomic E-state index is -1.15. The van der Waals surface area contributed by atoms with Crippen molar-refractivity contribution in [3.8, 4) is 0 Å². The molecule has 0 atom stereocenters. The number of aryl methyl sites for hydroxylation is 1. The van der Waals surface area contributed by atoms with Gasteiger partial charge in [-0.2, -0.15) is 0 Å². The molecule has 10 heteroatoms. The van der Waals surface area contributed by atoms with Gasteiger partial charge in [-0.05, 0) is 36.2 Å². The van der Waals surface area contributed by atoms with Gasteiger partial charge in [-0.15, -0.1) is 10.2 Å². The number of hydrogen-bond acceptors (Lipinski definition) is 6. The molecule has 0 spiro atoms. The first-order valence-corrected chi connectivity index (χ1v) is 11.9. The fraction of sp³-hybridized carbons (Fsp3) is 0.292. The van der Waals surface area contributed by atoms with E-state index < -0.39 is 11.9 Å². The molecule has 1 heterocycles. The van der Waals surface area contributed by atoms with Gasteiger partial charge < -0.3 is 20.3 Å². The summed E-state index contributed by atoms with van der Waals surface area (Å²) in [5.74, 6) is -0.605. The van der Waals surface area contributed by atoms with Gasteiger partial charge in [-0.3, -0.25) is 9.59 Å². The maximum Gasteiger partial charge on any atom is 0.336 e. The number of amides is 2. The second-order valence-corrected chi connectivity index (χ2v) is 8.49. The van der Waals surface area contributed by atoms with Gasteiger partial charge >= 0.3 is 5.97 Å². The number of nitrogens with one attached hydrogen (secondary N) is 2. The Morgan fingerprint density at radius 3 is 2.38 bits per heavy atom. The molecule has 0 fully saturated rings. The lowest BCUT2D eigenvalue weighted by atomic mass is 10.1. The summed E-state index contributed by atoms with van der Waals surface area (Å²) >= 11 is 1.34. The van der Waals surface area contributed by atoms with E-state index >= 15 is 0 Å². The summed E-state index contributed by atoms with van der Waals surface area (Å²) in [4.78, 5) is 35.6. The highest BCUT2D eigenvalue weighted by Gasteiger charge is 2.17. The molecule has 178 valence electrons. The third-order valence-corrected chi connectivity index (χ3v) is 6.08. The Morgan fingerprint density at radius 2 is 1.74 bits per heavy atom. The van der Waals surface area contributed by atoms with E-state index in [0.717, 1.165) is 30.7 Å². The molecule has 3 aromatic rings. The van der Waals surface area contributed by atoms with E-state index in [1.54, 1.807) is 31.3 Å². The molecule has 0 unspecified atom stereocenters. The fourth-order valence-electron chi connectivity index (χ4n) is 3.25. The van der Waals surface area contributed by atoms with E-state index in [0.29, 0.717) is 17.4 Å². The number of nitrogens with zero attached hydrogens (tertiary/aromatic N) is 3. The molecule has 2 aromatic carbocycles. The van der Waals surface area contributed by atoms with Crippen molar-refractivity contribution in [3.63, 3.8) is 0 Å². The summed E-state index contributed by atoms with van der Waals surface area (Å²) in [6, 6.07) is 13.4. The normalized spacial score (nSPS) is 10.6. The lowest BCUT2D eigenvalue weighted by Crippen LogP contribution is -2.20. The van der Waals surface area contributed by atoms with Crippen molar-refractivity contribution in [2.75, 3.05) is 18.1 Å². The third-order valence-electron chi connectivity index (χ3n) is 5.11. The second-order valence-electron chi connectivity index (χ2n) is 7.55. The first-order valence-electron chi connectivity index (χ1n) is 10.9. The van der Waals surface area contributed by atoms with Crippen LogP contribution in [0, 0.1) is 0 Å². The van der Waals surface area contributed by atoms with Crippen molar-refractivity contribution in [2.24, 2.45) is 0 Å². The highest BCUT2D eigenvalue weighted by Crippen LogP contribution is 2.21. The van der Waals surface area contributed by atoms with E-state index in [2.05, 4.69) is 27.8 Å². The molecule has 1 aromatic heterocycles. The first kappa shape index (κ1) is 25.0. The van der Waals surface area contributed by atoms with Gasteiger partial charge in [0, 0.05) is 19.2 Å². The zero-order valence-corrected chi connectivity index (χ0v) is 19.9. The maximum absolute atomic E-state index is 12.6. The van der Waals surface area contributed by atoms with Crippen LogP contribution in [0.25, 0.3) is 0 Å². The number of anilines is 1. The topological polar surface area (TPSA) is 126 Å². The van der Waals surface area contributed by atoms with Crippen LogP contribution in [0.5, 0.6) is 0 Å². The fourth-order valence-corrected chi connectivity index (χ4v) is 4.08. The number of benzene rings is 2. The molecular weight excluding hydrogens is 454 g/mol. The highest BCUT2D eigenvalue weighted by molar-refractivity contribution is 7.99. The Balaban J connectivity index is 1.74. The van der Waals surface area contributed by atoms with Gasteiger partial charge in [0.1, 0.15) is 5.82 Å². The number of carboxylic acids is 1. The average molecular weight is 482 g/mol. The predicted molar refractivity (Wildman–Crippen MR) is 130 cm³/mol. The predicted octanol–water partition coefficient (Wildman–Crippen LogP) is 3.46. The van der Waals surface area contributed by atoms with E-state index in [4.69, 9.17) is 0 Å². The third kappa shape index (κ3) is 6.44. The second kappa shape index (κ2) is 12.0. The SMILES string of the molecule is CCCCc1nnc(SCC(=O)NC)n1Cc1ccc(NC(=O)c2ccccc2C(=O)O)cc1. The molecule has 0 bridgehead atoms. The molecule has 0 aliphatic rings. The van der Waals surface area contributed by atoms with Crippen LogP contribution in [0.2, 0.25) is 0 Å². The van der Waals surface area contributed by atoms with Crippen molar-refractivity contribution >= 4 is 35.2 Å². The largest absolute Gasteiger partial charge is 0.478 e. The number of unbranched alkanes of at least 4 members (excludes halogenated alkanes) is 1. The lowest BCUT2D eigenvalue weighted by Gasteiger charge is -2.12. The summed E-state index contributed by atoms with van der Waals surface area (Å²) in [5, 5.41) is 23.9. The Kier molecular flexibility index (Phi) is 8.80. The minimum absolute atomic E-state index is 0.0504. The summed E-state index contributed by atoms with van der Waals surface area (Å²) in [6.45, 7) is 2.64. The first-order chi connectivity index (χ1) is 16.4. The minimum Gasteiger partial charge on any atom is -0.478 e. The maximum atomic E-state index is 12.6. The molecule has 0 saturated carbocycles. The van der Waals surface area contributed by atoms with E-state index in [1.165, 1.54) is 23.9 Å². The molecule has 3 rings (SSSR count). The van der Waals surface area contributed by atoms with Crippen molar-refractivity contribution in [2.45, 2.75) is 37.9 Å². The number of carbonyl (C=O) groups excluding carboxylic acids is 2. The Labute approximate surface area is 202 Å². The van der Waals surface area contributed by atoms with Gasteiger partial charge in [0.25, 0.3) is 5.91 Å². The Hall–Kier alpha value is -3.66. The van der Waals surface area contributed by atoms with E-state index in [9.17, 15) is 19.5 Å². The number of hydrogen-bond donors (Lipinski definition) is 3. The summed E-state index contributed by atoms with van der Waals surface area (Å²) < 4.78 is 2.01. The lowest BCUT2D eigenvalue weighted by molar-refractivity contribution is -0.118. The van der Waals surface area contributed by atoms with Crippen LogP contribution < -0.4 is 10.6 Å². The smallest absolute Gasteiger partial charge is 0.336 e. The molecule has 3 N–H and O–H groups in total. The number of carboxylic acid groups (broad SMARTS) is 1. The summed E-state index contributed by atoms with van der Waals surface area (Å²) in [6.07, 6.45) is 2.81. The van der Waals surface area contributed by atoms with Gasteiger partial charge in [0.15, 0.2) is 5.16 Å². The van der Waals surface area contributed by atoms with Gasteiger partial charge in [0.2, 0.25) is 5.91 Å². The standard InChI is InChI=1S/C24H27N5O4S/c1-3-4-9-20-27-28-24(34-15-21(30)25-2)29(20)14-16-10-12-17(13-11-16)26-22(31)18-7-5-6-8-19(18)23(32)33/h5-8,10-13H,3-4,9,14-15H2,1-2H3,(H,25,30)(H,26,31)(H,32,33). The van der Waals surface area contributed by atoms with Crippen LogP contribution in [0.4, 0.5) is 5.69 Å². The van der Waals surface area contributed by atoms with E-state index in [-0.39, 0.29) is 22.8 Å². The van der Waals surface area contributed by atoms with E-state index in [1.807, 2.05) is 16.7 Å². The van der Waals surface area contributed by atoms with Gasteiger partial charge in [0.05, 0.1) is 23.4 Å². The Morgan fingerprint density at radius 1 is 1.03 bits per heavy atom. The monoisotopic (exact) mass is 481 g/mol. The zero-order chi connectivity index (χ0) is 24.5. The molecule has 0 saturated heterocycles. The zero-order valence-electron chi connectivity index (χ0n) is 19.1. The molecule has 0 aliphatic carbocycles. The number of thioether (sulfide) groups is 1. The highest BCUT2D eigenvalue weighted by atomic mass is 32.2. The molecule has 34 heavy (non-hydrogen) atoms. The molecule has 0 aliphatic heterocycles. The molecule has 2 amide bonds. The van der Waals surface area contributed by atoms with Crippen LogP contribution in [0.3, 0.4) is 0 Å². The molecule has 9 nitrogen and oxygen atoms in total. The van der Waals surface area contributed by atoms with Crippen molar-refractivity contribution in [3.05, 3.63) is 71.0 Å². The van der Waals surface area contributed by atoms with Crippen LogP contribution in [0.15, 0.2) is 53.7 Å². The van der Waals surface area contributed by atoms with Crippen LogP contribution >= 0.6 is 11.8 Å². The molecular formula is C24H27N5O4S. The van der Waals surface area contributed by atoms with Crippen LogP contribution in [-0.2, 0) is 17.8 Å². The number of carbonyl (C=O) groups is 3. The Bertz CT molecular complexity index is 1160. The van der Waals surface area contributed by atoms with Crippen LogP contribution in [0.1, 0.15) is 51.9 Å². The number of aromatic carboxylic acids is 1. The number of aromatic nitrogens is 3. The van der Waals surface area contributed by atoms with Crippen molar-refractivity contribution < 1.29 is 19.5 Å². The molecule has 0 radical (unpaired) electrons. The van der Waals surface area contributed by atoms with Crippen molar-refractivity contribution in [1.29, 1.82) is 0 Å². The van der Waals surface area contributed by atoms with Crippen LogP contribution in [-0.4, -0.2) is 50.5 Å². The quantitative estimate of drug-likeness (QED) is 0.358. The number of rotatable bonds is 11. The summed E-state index contributed by atoms with van der Waals surface area (Å²) in [5.41, 5.74) is 1.58. The average Bonchev–Trinajstić information content (AvgIpc) is 3.23. The van der Waals surface area contributed by atoms with Gasteiger partial charge in [-0.25, -0.2) is 4.79 Å².